The molecule has 0 atom stereocenters. The Hall–Kier alpha value is -3.46. The molecule has 0 amide bonds. The van der Waals surface area contributed by atoms with E-state index in [-0.39, 0.29) is 5.54 Å². The fourth-order valence-corrected chi connectivity index (χ4v) is 2.18. The first kappa shape index (κ1) is 78.1. The summed E-state index contributed by atoms with van der Waals surface area (Å²) >= 11 is 1.71. The molecule has 0 aliphatic carbocycles. The molecule has 0 aliphatic rings. The lowest BCUT2D eigenvalue weighted by Gasteiger charge is -2.19. The fraction of sp³-hybridized carbons (Fsp3) is 0.692. The molecule has 9 heteroatoms. The molecular weight excluding hydrogens is 771 g/mol. The van der Waals surface area contributed by atoms with Crippen molar-refractivity contribution in [1.29, 1.82) is 0 Å². The molecule has 5 aromatic rings. The van der Waals surface area contributed by atoms with Crippen molar-refractivity contribution < 1.29 is 4.52 Å². The second-order valence-corrected chi connectivity index (χ2v) is 19.8. The zero-order valence-electron chi connectivity index (χ0n) is 46.7. The van der Waals surface area contributed by atoms with Gasteiger partial charge in [0.25, 0.3) is 0 Å². The van der Waals surface area contributed by atoms with Crippen LogP contribution >= 0.6 is 11.3 Å². The highest BCUT2D eigenvalue weighted by molar-refractivity contribution is 7.07. The minimum Gasteiger partial charge on any atom is -0.365 e. The van der Waals surface area contributed by atoms with Crippen molar-refractivity contribution in [3.8, 4) is 0 Å². The third kappa shape index (κ3) is 150. The van der Waals surface area contributed by atoms with Gasteiger partial charge in [-0.1, -0.05) is 197 Å². The quantitative estimate of drug-likeness (QED) is 0.155. The standard InChI is InChI=1S/C7H12N2.4C5H12.2C4H6N2.C4H4S.C3H3NO.5C2H6/c1-7(2,3)9-5-4-8-6-9;4*1-5(2,3)4;1-6-3-2-5-4-6;1-6-4-2-3-5-6;2*1-2-4-5-3-1;5*1-2/h4-6H,1-3H3;4*1-4H3;2*2-4H,1H3;1-4H;1-3H;5*1-2H3. The summed E-state index contributed by atoms with van der Waals surface area (Å²) in [6.45, 7) is 61.4. The summed E-state index contributed by atoms with van der Waals surface area (Å²) in [6, 6.07) is 7.65. The molecule has 0 spiro atoms. The van der Waals surface area contributed by atoms with Crippen molar-refractivity contribution in [2.75, 3.05) is 0 Å². The molecule has 0 saturated carbocycles. The Morgan fingerprint density at radius 3 is 0.885 bits per heavy atom. The van der Waals surface area contributed by atoms with Gasteiger partial charge in [-0.25, -0.2) is 9.97 Å². The molecule has 0 aromatic carbocycles. The molecular formula is C52H109N7OS. The second-order valence-electron chi connectivity index (χ2n) is 19.0. The van der Waals surface area contributed by atoms with Gasteiger partial charge in [0.1, 0.15) is 6.26 Å². The maximum absolute atomic E-state index is 4.33. The van der Waals surface area contributed by atoms with E-state index in [1.54, 1.807) is 53.2 Å². The van der Waals surface area contributed by atoms with Gasteiger partial charge in [0.15, 0.2) is 0 Å². The molecule has 0 aliphatic heterocycles. The molecule has 0 radical (unpaired) electrons. The fourth-order valence-electron chi connectivity index (χ4n) is 1.73. The van der Waals surface area contributed by atoms with Gasteiger partial charge >= 0.3 is 0 Å². The van der Waals surface area contributed by atoms with Gasteiger partial charge in [0.05, 0.1) is 18.9 Å². The summed E-state index contributed by atoms with van der Waals surface area (Å²) < 4.78 is 10.0. The largest absolute Gasteiger partial charge is 0.365 e. The molecule has 5 rings (SSSR count). The Bertz CT molecular complexity index is 1110. The van der Waals surface area contributed by atoms with E-state index in [0.717, 1.165) is 0 Å². The van der Waals surface area contributed by atoms with Crippen LogP contribution in [-0.2, 0) is 19.6 Å². The van der Waals surface area contributed by atoms with Crippen molar-refractivity contribution in [2.24, 2.45) is 35.8 Å². The third-order valence-electron chi connectivity index (χ3n) is 3.32. The number of rotatable bonds is 0. The van der Waals surface area contributed by atoms with E-state index in [0.29, 0.717) is 21.7 Å². The van der Waals surface area contributed by atoms with Gasteiger partial charge in [0.2, 0.25) is 0 Å². The van der Waals surface area contributed by atoms with Crippen LogP contribution in [0.4, 0.5) is 0 Å². The predicted octanol–water partition coefficient (Wildman–Crippen LogP) is 18.2. The van der Waals surface area contributed by atoms with Crippen LogP contribution in [0.5, 0.6) is 0 Å². The lowest BCUT2D eigenvalue weighted by atomic mass is 10.0. The predicted molar refractivity (Wildman–Crippen MR) is 282 cm³/mol. The summed E-state index contributed by atoms with van der Waals surface area (Å²) in [5, 5.41) is 11.3. The van der Waals surface area contributed by atoms with Crippen molar-refractivity contribution in [1.82, 2.24) is 34.0 Å². The average Bonchev–Trinajstić information content (AvgIpc) is 3.99. The highest BCUT2D eigenvalue weighted by Gasteiger charge is 2.09. The van der Waals surface area contributed by atoms with Crippen LogP contribution in [-0.4, -0.2) is 34.0 Å². The molecule has 5 aromatic heterocycles. The molecule has 5 heterocycles. The van der Waals surface area contributed by atoms with Crippen molar-refractivity contribution >= 4 is 11.3 Å². The first-order valence-electron chi connectivity index (χ1n) is 22.5. The van der Waals surface area contributed by atoms with Gasteiger partial charge in [-0.15, -0.1) is 0 Å². The molecule has 0 saturated heterocycles. The van der Waals surface area contributed by atoms with Gasteiger partial charge in [-0.2, -0.15) is 16.4 Å². The van der Waals surface area contributed by atoms with Crippen LogP contribution in [0.25, 0.3) is 0 Å². The van der Waals surface area contributed by atoms with Gasteiger partial charge in [0, 0.05) is 56.8 Å². The van der Waals surface area contributed by atoms with E-state index in [1.807, 2.05) is 142 Å². The number of aromatic nitrogens is 7. The first-order valence-corrected chi connectivity index (χ1v) is 23.5. The highest BCUT2D eigenvalue weighted by Crippen LogP contribution is 2.11. The van der Waals surface area contributed by atoms with Crippen LogP contribution in [0.3, 0.4) is 0 Å². The zero-order chi connectivity index (χ0) is 50.8. The molecule has 0 N–H and O–H groups in total. The molecule has 364 valence electrons. The maximum atomic E-state index is 4.33. The van der Waals surface area contributed by atoms with Crippen LogP contribution in [0.15, 0.2) is 102 Å². The normalized spacial score (nSPS) is 9.23. The van der Waals surface area contributed by atoms with Crippen molar-refractivity contribution in [2.45, 2.75) is 206 Å². The van der Waals surface area contributed by atoms with E-state index < -0.39 is 0 Å². The number of nitrogens with zero attached hydrogens (tertiary/aromatic N) is 7. The summed E-state index contributed by atoms with van der Waals surface area (Å²) in [4.78, 5) is 7.74. The molecule has 0 unspecified atom stereocenters. The summed E-state index contributed by atoms with van der Waals surface area (Å²) in [5.74, 6) is 0. The van der Waals surface area contributed by atoms with Crippen LogP contribution in [0, 0.1) is 21.7 Å². The minimum absolute atomic E-state index is 0.177. The smallest absolute Gasteiger partial charge is 0.123 e. The van der Waals surface area contributed by atoms with E-state index in [2.05, 4.69) is 161 Å². The highest BCUT2D eigenvalue weighted by atomic mass is 32.1. The SMILES string of the molecule is CC.CC.CC.CC.CC.CC(C)(C)C.CC(C)(C)C.CC(C)(C)C.CC(C)(C)C.CC(C)(C)n1ccnc1.Cn1cccn1.Cn1ccnc1.c1ccsc1.c1cnoc1. The summed E-state index contributed by atoms with van der Waals surface area (Å²) in [6.07, 6.45) is 17.7. The Balaban J connectivity index is -0.0000000699. The average molecular weight is 881 g/mol. The first-order chi connectivity index (χ1) is 27.9. The van der Waals surface area contributed by atoms with Crippen LogP contribution < -0.4 is 0 Å². The van der Waals surface area contributed by atoms with Crippen LogP contribution in [0.2, 0.25) is 0 Å². The Labute approximate surface area is 387 Å². The zero-order valence-corrected chi connectivity index (χ0v) is 47.5. The number of thiophene rings is 1. The Morgan fingerprint density at radius 2 is 0.787 bits per heavy atom. The monoisotopic (exact) mass is 880 g/mol. The topological polar surface area (TPSA) is 79.5 Å². The van der Waals surface area contributed by atoms with E-state index in [4.69, 9.17) is 0 Å². The van der Waals surface area contributed by atoms with E-state index >= 15 is 0 Å². The lowest BCUT2D eigenvalue weighted by molar-refractivity contribution is 0.396. The Kier molecular flexibility index (Phi) is 67.4. The maximum Gasteiger partial charge on any atom is 0.123 e. The number of imidazole rings is 2. The van der Waals surface area contributed by atoms with Crippen molar-refractivity contribution in [3.05, 3.63) is 97.3 Å². The van der Waals surface area contributed by atoms with Gasteiger partial charge in [-0.3, -0.25) is 4.68 Å². The minimum atomic E-state index is 0.177. The van der Waals surface area contributed by atoms with E-state index in [1.165, 1.54) is 6.26 Å². The number of hydrogen-bond donors (Lipinski definition) is 0. The van der Waals surface area contributed by atoms with Crippen LogP contribution in [0.1, 0.15) is 201 Å². The summed E-state index contributed by atoms with van der Waals surface area (Å²) in [5.41, 5.74) is 2.18. The molecule has 0 bridgehead atoms. The van der Waals surface area contributed by atoms with Gasteiger partial charge in [-0.05, 0) is 65.3 Å². The number of hydrogen-bond acceptors (Lipinski definition) is 6. The lowest BCUT2D eigenvalue weighted by Crippen LogP contribution is -2.19. The molecule has 61 heavy (non-hydrogen) atoms. The van der Waals surface area contributed by atoms with Gasteiger partial charge < -0.3 is 13.7 Å². The Morgan fingerprint density at radius 1 is 0.426 bits per heavy atom. The number of aryl methyl sites for hydroxylation is 2. The summed E-state index contributed by atoms with van der Waals surface area (Å²) in [7, 11) is 3.83. The second kappa shape index (κ2) is 52.7. The molecule has 8 nitrogen and oxygen atoms in total. The molecule has 0 fully saturated rings. The third-order valence-corrected chi connectivity index (χ3v) is 3.95. The van der Waals surface area contributed by atoms with Crippen molar-refractivity contribution in [3.63, 3.8) is 0 Å². The van der Waals surface area contributed by atoms with E-state index in [9.17, 15) is 0 Å².